The van der Waals surface area contributed by atoms with Crippen LogP contribution in [0.3, 0.4) is 0 Å². The van der Waals surface area contributed by atoms with Crippen molar-refractivity contribution in [3.05, 3.63) is 0 Å². The first-order valence-corrected chi connectivity index (χ1v) is 6.20. The third-order valence-corrected chi connectivity index (χ3v) is 3.10. The van der Waals surface area contributed by atoms with Crippen molar-refractivity contribution in [3.8, 4) is 0 Å². The van der Waals surface area contributed by atoms with Crippen LogP contribution in [0.25, 0.3) is 0 Å². The zero-order valence-corrected chi connectivity index (χ0v) is 8.74. The molecule has 78 valence electrons. The molecule has 5 heteroatoms. The van der Waals surface area contributed by atoms with E-state index in [0.29, 0.717) is 5.92 Å². The fourth-order valence-corrected chi connectivity index (χ4v) is 2.10. The quantitative estimate of drug-likeness (QED) is 0.695. The normalized spacial score (nSPS) is 30.4. The maximum atomic E-state index is 10.4. The van der Waals surface area contributed by atoms with Gasteiger partial charge >= 0.3 is 7.82 Å². The van der Waals surface area contributed by atoms with Gasteiger partial charge in [-0.15, -0.1) is 0 Å². The topological polar surface area (TPSA) is 66.8 Å². The Hall–Kier alpha value is 0.110. The van der Waals surface area contributed by atoms with Crippen molar-refractivity contribution in [2.75, 3.05) is 6.61 Å². The second-order valence-corrected chi connectivity index (χ2v) is 5.15. The average Bonchev–Trinajstić information content (AvgIpc) is 2.02. The summed E-state index contributed by atoms with van der Waals surface area (Å²) in [5, 5.41) is 0. The van der Waals surface area contributed by atoms with Crippen molar-refractivity contribution in [1.82, 2.24) is 0 Å². The third-order valence-electron chi connectivity index (χ3n) is 2.61. The van der Waals surface area contributed by atoms with Crippen LogP contribution in [0.15, 0.2) is 0 Å². The first kappa shape index (κ1) is 11.2. The second kappa shape index (κ2) is 4.56. The molecular weight excluding hydrogens is 191 g/mol. The Morgan fingerprint density at radius 3 is 2.31 bits per heavy atom. The molecule has 0 unspecified atom stereocenters. The van der Waals surface area contributed by atoms with Crippen molar-refractivity contribution in [2.45, 2.75) is 32.6 Å². The molecule has 4 nitrogen and oxygen atoms in total. The Labute approximate surface area is 78.5 Å². The molecule has 1 aliphatic carbocycles. The van der Waals surface area contributed by atoms with E-state index in [0.717, 1.165) is 31.6 Å². The fraction of sp³-hybridized carbons (Fsp3) is 1.00. The summed E-state index contributed by atoms with van der Waals surface area (Å²) in [5.74, 6) is 1.09. The Morgan fingerprint density at radius 2 is 1.85 bits per heavy atom. The monoisotopic (exact) mass is 208 g/mol. The van der Waals surface area contributed by atoms with Crippen LogP contribution in [0.1, 0.15) is 32.6 Å². The first-order chi connectivity index (χ1) is 5.97. The van der Waals surface area contributed by atoms with Crippen LogP contribution in [-0.4, -0.2) is 16.4 Å². The molecule has 0 saturated heterocycles. The molecule has 0 aliphatic heterocycles. The number of hydrogen-bond acceptors (Lipinski definition) is 2. The molecule has 0 radical (unpaired) electrons. The van der Waals surface area contributed by atoms with Crippen LogP contribution < -0.4 is 0 Å². The van der Waals surface area contributed by atoms with Crippen LogP contribution in [-0.2, 0) is 9.09 Å². The molecule has 0 spiro atoms. The zero-order valence-electron chi connectivity index (χ0n) is 7.85. The highest BCUT2D eigenvalue weighted by Crippen LogP contribution is 2.38. The van der Waals surface area contributed by atoms with Gasteiger partial charge in [0.15, 0.2) is 0 Å². The molecule has 0 atom stereocenters. The molecule has 0 bridgehead atoms. The highest BCUT2D eigenvalue weighted by Gasteiger charge is 2.22. The van der Waals surface area contributed by atoms with Gasteiger partial charge in [-0.1, -0.05) is 19.8 Å². The van der Waals surface area contributed by atoms with Gasteiger partial charge in [0.25, 0.3) is 0 Å². The van der Waals surface area contributed by atoms with Crippen molar-refractivity contribution in [3.63, 3.8) is 0 Å². The maximum Gasteiger partial charge on any atom is 0.469 e. The van der Waals surface area contributed by atoms with Gasteiger partial charge in [0.05, 0.1) is 6.61 Å². The molecule has 0 amide bonds. The molecule has 0 aromatic rings. The molecule has 0 aromatic carbocycles. The van der Waals surface area contributed by atoms with Crippen LogP contribution in [0.4, 0.5) is 0 Å². The second-order valence-electron chi connectivity index (χ2n) is 3.91. The summed E-state index contributed by atoms with van der Waals surface area (Å²) < 4.78 is 14.9. The van der Waals surface area contributed by atoms with E-state index < -0.39 is 7.82 Å². The van der Waals surface area contributed by atoms with E-state index in [2.05, 4.69) is 11.4 Å². The van der Waals surface area contributed by atoms with E-state index in [-0.39, 0.29) is 6.61 Å². The lowest BCUT2D eigenvalue weighted by molar-refractivity contribution is 0.141. The minimum Gasteiger partial charge on any atom is -0.303 e. The third kappa shape index (κ3) is 4.77. The predicted octanol–water partition coefficient (Wildman–Crippen LogP) is 1.92. The van der Waals surface area contributed by atoms with E-state index >= 15 is 0 Å². The average molecular weight is 208 g/mol. The highest BCUT2D eigenvalue weighted by molar-refractivity contribution is 7.46. The van der Waals surface area contributed by atoms with Crippen molar-refractivity contribution >= 4 is 7.82 Å². The Kier molecular flexibility index (Phi) is 3.92. The van der Waals surface area contributed by atoms with Gasteiger partial charge < -0.3 is 9.79 Å². The summed E-state index contributed by atoms with van der Waals surface area (Å²) in [6, 6.07) is 0. The molecule has 0 heterocycles. The van der Waals surface area contributed by atoms with E-state index in [1.807, 2.05) is 0 Å². The number of phosphoric ester groups is 1. The predicted molar refractivity (Wildman–Crippen MR) is 49.1 cm³/mol. The van der Waals surface area contributed by atoms with Crippen LogP contribution >= 0.6 is 7.82 Å². The molecule has 1 rings (SSSR count). The van der Waals surface area contributed by atoms with Crippen LogP contribution in [0.5, 0.6) is 0 Å². The minimum absolute atomic E-state index is 0.205. The lowest BCUT2D eigenvalue weighted by atomic mass is 9.83. The van der Waals surface area contributed by atoms with Crippen LogP contribution in [0, 0.1) is 11.8 Å². The van der Waals surface area contributed by atoms with Crippen molar-refractivity contribution in [1.29, 1.82) is 0 Å². The summed E-state index contributed by atoms with van der Waals surface area (Å²) in [6.07, 6.45) is 4.35. The van der Waals surface area contributed by atoms with Gasteiger partial charge in [0.2, 0.25) is 0 Å². The molecule has 2 N–H and O–H groups in total. The van der Waals surface area contributed by atoms with E-state index in [1.54, 1.807) is 0 Å². The lowest BCUT2D eigenvalue weighted by Gasteiger charge is -2.25. The molecule has 1 saturated carbocycles. The van der Waals surface area contributed by atoms with Crippen molar-refractivity contribution < 1.29 is 18.9 Å². The molecular formula is C8H17O4P. The Morgan fingerprint density at radius 1 is 1.31 bits per heavy atom. The van der Waals surface area contributed by atoms with Crippen LogP contribution in [0.2, 0.25) is 0 Å². The Bertz CT molecular complexity index is 192. The number of phosphoric acid groups is 1. The lowest BCUT2D eigenvalue weighted by Crippen LogP contribution is -2.16. The smallest absolute Gasteiger partial charge is 0.303 e. The largest absolute Gasteiger partial charge is 0.469 e. The van der Waals surface area contributed by atoms with Gasteiger partial charge in [-0.3, -0.25) is 4.52 Å². The van der Waals surface area contributed by atoms with Gasteiger partial charge in [-0.05, 0) is 24.7 Å². The minimum atomic E-state index is -4.25. The van der Waals surface area contributed by atoms with E-state index in [9.17, 15) is 4.57 Å². The van der Waals surface area contributed by atoms with Crippen molar-refractivity contribution in [2.24, 2.45) is 11.8 Å². The van der Waals surface area contributed by atoms with E-state index in [1.165, 1.54) is 0 Å². The fourth-order valence-electron chi connectivity index (χ4n) is 1.70. The van der Waals surface area contributed by atoms with Gasteiger partial charge in [-0.2, -0.15) is 0 Å². The SMILES string of the molecule is CC1CCC(COP(=O)(O)O)CC1. The van der Waals surface area contributed by atoms with E-state index in [4.69, 9.17) is 9.79 Å². The Balaban J connectivity index is 2.20. The molecule has 0 aromatic heterocycles. The number of rotatable bonds is 3. The van der Waals surface area contributed by atoms with Gasteiger partial charge in [0, 0.05) is 0 Å². The number of hydrogen-bond donors (Lipinski definition) is 2. The summed E-state index contributed by atoms with van der Waals surface area (Å²) in [5.41, 5.74) is 0. The molecule has 1 fully saturated rings. The molecule has 13 heavy (non-hydrogen) atoms. The zero-order chi connectivity index (χ0) is 9.90. The highest BCUT2D eigenvalue weighted by atomic mass is 31.2. The molecule has 1 aliphatic rings. The maximum absolute atomic E-state index is 10.4. The summed E-state index contributed by atoms with van der Waals surface area (Å²) in [4.78, 5) is 17.0. The summed E-state index contributed by atoms with van der Waals surface area (Å²) in [6.45, 7) is 2.41. The van der Waals surface area contributed by atoms with Gasteiger partial charge in [-0.25, -0.2) is 4.57 Å². The standard InChI is InChI=1S/C8H17O4P/c1-7-2-4-8(5-3-7)6-12-13(9,10)11/h7-8H,2-6H2,1H3,(H2,9,10,11). The summed E-state index contributed by atoms with van der Waals surface area (Å²) in [7, 11) is -4.25. The summed E-state index contributed by atoms with van der Waals surface area (Å²) >= 11 is 0. The first-order valence-electron chi connectivity index (χ1n) is 4.67. The van der Waals surface area contributed by atoms with Gasteiger partial charge in [0.1, 0.15) is 0 Å².